The highest BCUT2D eigenvalue weighted by Crippen LogP contribution is 2.25. The molecule has 0 saturated carbocycles. The second kappa shape index (κ2) is 5.87. The van der Waals surface area contributed by atoms with Crippen molar-refractivity contribution in [1.82, 2.24) is 0 Å². The van der Waals surface area contributed by atoms with Crippen molar-refractivity contribution in [3.05, 3.63) is 34.3 Å². The van der Waals surface area contributed by atoms with Crippen LogP contribution in [0.3, 0.4) is 0 Å². The van der Waals surface area contributed by atoms with Crippen LogP contribution in [-0.2, 0) is 9.53 Å². The summed E-state index contributed by atoms with van der Waals surface area (Å²) in [5.41, 5.74) is 7.96. The highest BCUT2D eigenvalue weighted by Gasteiger charge is 2.12. The molecule has 0 aliphatic rings. The van der Waals surface area contributed by atoms with Crippen LogP contribution in [0.2, 0.25) is 5.02 Å². The summed E-state index contributed by atoms with van der Waals surface area (Å²) in [4.78, 5) is 11.0. The second-order valence-electron chi connectivity index (χ2n) is 3.75. The molecule has 0 bridgehead atoms. The van der Waals surface area contributed by atoms with Crippen molar-refractivity contribution >= 4 is 17.6 Å². The second-order valence-corrected chi connectivity index (χ2v) is 4.15. The number of halogens is 1. The van der Waals surface area contributed by atoms with E-state index >= 15 is 0 Å². The van der Waals surface area contributed by atoms with Crippen molar-refractivity contribution in [2.75, 3.05) is 7.11 Å². The Kier molecular flexibility index (Phi) is 4.77. The van der Waals surface area contributed by atoms with Crippen LogP contribution in [0.4, 0.5) is 0 Å². The van der Waals surface area contributed by atoms with E-state index in [0.29, 0.717) is 17.9 Å². The van der Waals surface area contributed by atoms with Crippen molar-refractivity contribution < 1.29 is 9.53 Å². The summed E-state index contributed by atoms with van der Waals surface area (Å²) in [7, 11) is 1.37. The lowest BCUT2D eigenvalue weighted by atomic mass is 10.0. The third-order valence-electron chi connectivity index (χ3n) is 2.44. The zero-order chi connectivity index (χ0) is 12.1. The van der Waals surface area contributed by atoms with Crippen molar-refractivity contribution in [2.45, 2.75) is 25.8 Å². The normalized spacial score (nSPS) is 12.2. The molecule has 0 aliphatic carbocycles. The quantitative estimate of drug-likeness (QED) is 0.825. The summed E-state index contributed by atoms with van der Waals surface area (Å²) in [5.74, 6) is -0.251. The van der Waals surface area contributed by atoms with Gasteiger partial charge in [-0.1, -0.05) is 29.3 Å². The fraction of sp³-hybridized carbons (Fsp3) is 0.417. The molecule has 1 aromatic rings. The van der Waals surface area contributed by atoms with Gasteiger partial charge in [-0.2, -0.15) is 0 Å². The Bertz CT molecular complexity index is 379. The molecule has 88 valence electrons. The van der Waals surface area contributed by atoms with E-state index in [1.807, 2.05) is 25.1 Å². The van der Waals surface area contributed by atoms with Gasteiger partial charge in [0.15, 0.2) is 0 Å². The molecule has 1 aromatic carbocycles. The third kappa shape index (κ3) is 3.51. The standard InChI is InChI=1S/C12H16ClNO2/c1-8-3-4-10(13)9(7-8)11(14)5-6-12(15)16-2/h3-4,7,11H,5-6,14H2,1-2H3. The Morgan fingerprint density at radius 3 is 2.88 bits per heavy atom. The fourth-order valence-corrected chi connectivity index (χ4v) is 1.74. The molecule has 4 heteroatoms. The van der Waals surface area contributed by atoms with Gasteiger partial charge in [-0.15, -0.1) is 0 Å². The summed E-state index contributed by atoms with van der Waals surface area (Å²) in [5, 5.41) is 0.642. The van der Waals surface area contributed by atoms with Gasteiger partial charge in [-0.25, -0.2) is 0 Å². The molecule has 2 N–H and O–H groups in total. The van der Waals surface area contributed by atoms with Crippen LogP contribution in [0, 0.1) is 6.92 Å². The van der Waals surface area contributed by atoms with Crippen molar-refractivity contribution in [2.24, 2.45) is 5.73 Å². The smallest absolute Gasteiger partial charge is 0.305 e. The molecule has 0 amide bonds. The van der Waals surface area contributed by atoms with E-state index in [1.54, 1.807) is 0 Å². The van der Waals surface area contributed by atoms with Crippen LogP contribution in [-0.4, -0.2) is 13.1 Å². The minimum atomic E-state index is -0.251. The molecule has 1 unspecified atom stereocenters. The monoisotopic (exact) mass is 241 g/mol. The van der Waals surface area contributed by atoms with Crippen molar-refractivity contribution in [3.8, 4) is 0 Å². The molecule has 0 aromatic heterocycles. The average Bonchev–Trinajstić information content (AvgIpc) is 2.28. The van der Waals surface area contributed by atoms with Crippen LogP contribution >= 0.6 is 11.6 Å². The Hall–Kier alpha value is -1.06. The van der Waals surface area contributed by atoms with Crippen LogP contribution in [0.25, 0.3) is 0 Å². The highest BCUT2D eigenvalue weighted by atomic mass is 35.5. The Morgan fingerprint density at radius 1 is 1.56 bits per heavy atom. The summed E-state index contributed by atoms with van der Waals surface area (Å²) in [6.07, 6.45) is 0.845. The molecular formula is C12H16ClNO2. The van der Waals surface area contributed by atoms with Gasteiger partial charge in [0.2, 0.25) is 0 Å². The number of carbonyl (C=O) groups is 1. The first kappa shape index (κ1) is 13.0. The summed E-state index contributed by atoms with van der Waals surface area (Å²) in [6.45, 7) is 1.98. The van der Waals surface area contributed by atoms with Gasteiger partial charge in [0.25, 0.3) is 0 Å². The maximum Gasteiger partial charge on any atom is 0.305 e. The number of rotatable bonds is 4. The lowest BCUT2D eigenvalue weighted by molar-refractivity contribution is -0.140. The number of methoxy groups -OCH3 is 1. The zero-order valence-electron chi connectivity index (χ0n) is 9.50. The summed E-state index contributed by atoms with van der Waals surface area (Å²) in [6, 6.07) is 5.47. The maximum absolute atomic E-state index is 11.0. The Morgan fingerprint density at radius 2 is 2.25 bits per heavy atom. The maximum atomic E-state index is 11.0. The van der Waals surface area contributed by atoms with E-state index in [9.17, 15) is 4.79 Å². The first-order chi connectivity index (χ1) is 7.54. The average molecular weight is 242 g/mol. The van der Waals surface area contributed by atoms with E-state index in [-0.39, 0.29) is 12.0 Å². The Balaban J connectivity index is 2.68. The molecular weight excluding hydrogens is 226 g/mol. The van der Waals surface area contributed by atoms with Crippen LogP contribution < -0.4 is 5.73 Å². The van der Waals surface area contributed by atoms with Crippen LogP contribution in [0.5, 0.6) is 0 Å². The summed E-state index contributed by atoms with van der Waals surface area (Å²) < 4.78 is 4.56. The predicted octanol–water partition coefficient (Wildman–Crippen LogP) is 2.60. The third-order valence-corrected chi connectivity index (χ3v) is 2.78. The van der Waals surface area contributed by atoms with E-state index in [0.717, 1.165) is 11.1 Å². The van der Waals surface area contributed by atoms with E-state index in [1.165, 1.54) is 7.11 Å². The molecule has 16 heavy (non-hydrogen) atoms. The molecule has 0 radical (unpaired) electrons. The number of hydrogen-bond donors (Lipinski definition) is 1. The molecule has 1 rings (SSSR count). The minimum Gasteiger partial charge on any atom is -0.469 e. The van der Waals surface area contributed by atoms with E-state index < -0.39 is 0 Å². The number of esters is 1. The minimum absolute atomic E-state index is 0.230. The SMILES string of the molecule is COC(=O)CCC(N)c1cc(C)ccc1Cl. The Labute approximate surface area is 101 Å². The van der Waals surface area contributed by atoms with Gasteiger partial charge in [-0.3, -0.25) is 4.79 Å². The molecule has 0 saturated heterocycles. The van der Waals surface area contributed by atoms with Gasteiger partial charge < -0.3 is 10.5 Å². The number of hydrogen-bond acceptors (Lipinski definition) is 3. The lowest BCUT2D eigenvalue weighted by Gasteiger charge is -2.13. The lowest BCUT2D eigenvalue weighted by Crippen LogP contribution is -2.13. The first-order valence-corrected chi connectivity index (χ1v) is 5.51. The van der Waals surface area contributed by atoms with Gasteiger partial charge >= 0.3 is 5.97 Å². The number of carbonyl (C=O) groups excluding carboxylic acids is 1. The first-order valence-electron chi connectivity index (χ1n) is 5.13. The van der Waals surface area contributed by atoms with Gasteiger partial charge in [0.1, 0.15) is 0 Å². The number of benzene rings is 1. The fourth-order valence-electron chi connectivity index (χ4n) is 1.48. The van der Waals surface area contributed by atoms with Crippen LogP contribution in [0.1, 0.15) is 30.0 Å². The van der Waals surface area contributed by atoms with Crippen molar-refractivity contribution in [3.63, 3.8) is 0 Å². The van der Waals surface area contributed by atoms with E-state index in [2.05, 4.69) is 4.74 Å². The summed E-state index contributed by atoms with van der Waals surface area (Å²) >= 11 is 6.04. The molecule has 0 spiro atoms. The number of ether oxygens (including phenoxy) is 1. The van der Waals surface area contributed by atoms with Crippen molar-refractivity contribution in [1.29, 1.82) is 0 Å². The molecule has 0 fully saturated rings. The highest BCUT2D eigenvalue weighted by molar-refractivity contribution is 6.31. The molecule has 0 heterocycles. The number of aryl methyl sites for hydroxylation is 1. The molecule has 3 nitrogen and oxygen atoms in total. The molecule has 0 aliphatic heterocycles. The molecule has 1 atom stereocenters. The van der Waals surface area contributed by atoms with Gasteiger partial charge in [0.05, 0.1) is 7.11 Å². The topological polar surface area (TPSA) is 52.3 Å². The largest absolute Gasteiger partial charge is 0.469 e. The van der Waals surface area contributed by atoms with Gasteiger partial charge in [0, 0.05) is 17.5 Å². The number of nitrogens with two attached hydrogens (primary N) is 1. The van der Waals surface area contributed by atoms with E-state index in [4.69, 9.17) is 17.3 Å². The predicted molar refractivity (Wildman–Crippen MR) is 64.4 cm³/mol. The zero-order valence-corrected chi connectivity index (χ0v) is 10.3. The van der Waals surface area contributed by atoms with Crippen LogP contribution in [0.15, 0.2) is 18.2 Å². The van der Waals surface area contributed by atoms with Gasteiger partial charge in [-0.05, 0) is 25.0 Å².